The average Bonchev–Trinajstić information content (AvgIpc) is 2.71. The number of nitrogens with zero attached hydrogens (tertiary/aromatic N) is 1. The molecule has 2 fully saturated rings. The molecule has 88 valence electrons. The van der Waals surface area contributed by atoms with Crippen molar-refractivity contribution in [3.05, 3.63) is 0 Å². The molecule has 2 N–H and O–H groups in total. The van der Waals surface area contributed by atoms with Crippen LogP contribution in [0.1, 0.15) is 6.42 Å². The van der Waals surface area contributed by atoms with E-state index in [0.29, 0.717) is 13.0 Å². The Kier molecular flexibility index (Phi) is 3.03. The van der Waals surface area contributed by atoms with Crippen LogP contribution in [0.3, 0.4) is 0 Å². The number of nitrogens with one attached hydrogen (secondary N) is 1. The highest BCUT2D eigenvalue weighted by Gasteiger charge is 2.37. The molecule has 2 aliphatic rings. The number of likely N-dealkylation sites (N-methyl/N-ethyl adjacent to an activating group) is 1. The maximum Gasteiger partial charge on any atom is 0.151 e. The zero-order valence-corrected chi connectivity index (χ0v) is 9.70. The van der Waals surface area contributed by atoms with Gasteiger partial charge in [-0.3, -0.25) is 4.90 Å². The number of β-amino-alcohol motifs (C(OH)–C–C–N with tert-alkyl or cyclic N) is 1. The van der Waals surface area contributed by atoms with Gasteiger partial charge in [-0.2, -0.15) is 0 Å². The molecule has 0 aromatic rings. The quantitative estimate of drug-likeness (QED) is 0.604. The Morgan fingerprint density at radius 3 is 2.60 bits per heavy atom. The van der Waals surface area contributed by atoms with Gasteiger partial charge in [0, 0.05) is 25.2 Å². The first-order valence-corrected chi connectivity index (χ1v) is 7.13. The molecular weight excluding hydrogens is 216 g/mol. The van der Waals surface area contributed by atoms with Gasteiger partial charge in [-0.25, -0.2) is 8.42 Å². The van der Waals surface area contributed by atoms with Crippen molar-refractivity contribution in [2.45, 2.75) is 24.6 Å². The minimum atomic E-state index is -2.83. The van der Waals surface area contributed by atoms with E-state index in [9.17, 15) is 13.5 Å². The van der Waals surface area contributed by atoms with Crippen LogP contribution in [0.2, 0.25) is 0 Å². The zero-order chi connectivity index (χ0) is 11.1. The van der Waals surface area contributed by atoms with Gasteiger partial charge in [0.2, 0.25) is 0 Å². The van der Waals surface area contributed by atoms with Crippen molar-refractivity contribution in [3.8, 4) is 0 Å². The smallest absolute Gasteiger partial charge is 0.151 e. The van der Waals surface area contributed by atoms with Crippen LogP contribution in [0.5, 0.6) is 0 Å². The summed E-state index contributed by atoms with van der Waals surface area (Å²) in [4.78, 5) is 2.02. The van der Waals surface area contributed by atoms with Crippen LogP contribution in [0, 0.1) is 0 Å². The molecule has 2 rings (SSSR count). The monoisotopic (exact) mass is 234 g/mol. The molecule has 2 aliphatic heterocycles. The molecular formula is C9H18N2O3S. The fourth-order valence-corrected chi connectivity index (χ4v) is 4.22. The minimum absolute atomic E-state index is 0.0586. The summed E-state index contributed by atoms with van der Waals surface area (Å²) in [6.07, 6.45) is 0.320. The molecule has 0 radical (unpaired) electrons. The zero-order valence-electron chi connectivity index (χ0n) is 8.89. The molecule has 15 heavy (non-hydrogen) atoms. The van der Waals surface area contributed by atoms with Gasteiger partial charge >= 0.3 is 0 Å². The van der Waals surface area contributed by atoms with Crippen molar-refractivity contribution in [1.29, 1.82) is 0 Å². The Morgan fingerprint density at radius 1 is 1.40 bits per heavy atom. The molecule has 2 heterocycles. The summed E-state index contributed by atoms with van der Waals surface area (Å²) in [6.45, 7) is 1.35. The average molecular weight is 234 g/mol. The molecule has 0 saturated carbocycles. The number of aliphatic hydroxyl groups is 1. The molecule has 0 spiro atoms. The van der Waals surface area contributed by atoms with Crippen molar-refractivity contribution < 1.29 is 13.5 Å². The van der Waals surface area contributed by atoms with Crippen LogP contribution in [0.4, 0.5) is 0 Å². The van der Waals surface area contributed by atoms with Crippen LogP contribution < -0.4 is 5.32 Å². The van der Waals surface area contributed by atoms with Crippen molar-refractivity contribution in [2.75, 3.05) is 31.6 Å². The van der Waals surface area contributed by atoms with Crippen LogP contribution in [-0.4, -0.2) is 68.3 Å². The predicted molar refractivity (Wildman–Crippen MR) is 57.5 cm³/mol. The molecule has 0 bridgehead atoms. The Labute approximate surface area is 90.4 Å². The Hall–Kier alpha value is -0.170. The van der Waals surface area contributed by atoms with Crippen LogP contribution in [-0.2, 0) is 9.84 Å². The lowest BCUT2D eigenvalue weighted by molar-refractivity contribution is 0.0795. The topological polar surface area (TPSA) is 69.6 Å². The third-order valence-electron chi connectivity index (χ3n) is 3.46. The number of sulfone groups is 1. The van der Waals surface area contributed by atoms with Gasteiger partial charge in [0.1, 0.15) is 0 Å². The van der Waals surface area contributed by atoms with Gasteiger partial charge in [-0.15, -0.1) is 0 Å². The maximum absolute atomic E-state index is 11.3. The summed E-state index contributed by atoms with van der Waals surface area (Å²) in [5.74, 6) is 0.533. The highest BCUT2D eigenvalue weighted by atomic mass is 32.2. The number of aliphatic hydroxyl groups excluding tert-OH is 1. The van der Waals surface area contributed by atoms with E-state index in [-0.39, 0.29) is 29.7 Å². The summed E-state index contributed by atoms with van der Waals surface area (Å²) < 4.78 is 22.7. The summed E-state index contributed by atoms with van der Waals surface area (Å²) in [7, 11) is -0.922. The molecule has 0 aromatic heterocycles. The third kappa shape index (κ3) is 2.33. The molecule has 0 aliphatic carbocycles. The van der Waals surface area contributed by atoms with Gasteiger partial charge in [-0.1, -0.05) is 0 Å². The highest BCUT2D eigenvalue weighted by molar-refractivity contribution is 7.91. The Bertz CT molecular complexity index is 330. The first-order valence-electron chi connectivity index (χ1n) is 5.31. The van der Waals surface area contributed by atoms with E-state index in [4.69, 9.17) is 0 Å². The maximum atomic E-state index is 11.3. The second-order valence-corrected chi connectivity index (χ2v) is 6.74. The number of hydrogen-bond acceptors (Lipinski definition) is 5. The summed E-state index contributed by atoms with van der Waals surface area (Å²) >= 11 is 0. The summed E-state index contributed by atoms with van der Waals surface area (Å²) in [5.41, 5.74) is 0. The standard InChI is InChI=1S/C9H18N2O3S/c1-11(8-4-10-5-9(8)12)7-2-3-15(13,14)6-7/h7-10,12H,2-6H2,1H3. The first kappa shape index (κ1) is 11.3. The molecule has 0 amide bonds. The number of hydrogen-bond donors (Lipinski definition) is 2. The second-order valence-electron chi connectivity index (χ2n) is 4.52. The van der Waals surface area contributed by atoms with E-state index >= 15 is 0 Å². The lowest BCUT2D eigenvalue weighted by Gasteiger charge is -2.30. The van der Waals surface area contributed by atoms with E-state index in [1.54, 1.807) is 0 Å². The van der Waals surface area contributed by atoms with Crippen molar-refractivity contribution in [2.24, 2.45) is 0 Å². The second kappa shape index (κ2) is 4.01. The van der Waals surface area contributed by atoms with E-state index in [1.165, 1.54) is 0 Å². The molecule has 3 atom stereocenters. The van der Waals surface area contributed by atoms with E-state index in [0.717, 1.165) is 6.54 Å². The normalized spacial score (nSPS) is 40.1. The lowest BCUT2D eigenvalue weighted by Crippen LogP contribution is -2.47. The van der Waals surface area contributed by atoms with Crippen LogP contribution >= 0.6 is 0 Å². The molecule has 0 aromatic carbocycles. The molecule has 2 saturated heterocycles. The third-order valence-corrected chi connectivity index (χ3v) is 5.21. The minimum Gasteiger partial charge on any atom is -0.390 e. The summed E-state index contributed by atoms with van der Waals surface area (Å²) in [5, 5.41) is 12.8. The SMILES string of the molecule is CN(C1CCS(=O)(=O)C1)C1CNCC1O. The number of rotatable bonds is 2. The van der Waals surface area contributed by atoms with Crippen LogP contribution in [0.25, 0.3) is 0 Å². The molecule has 6 heteroatoms. The Balaban J connectivity index is 2.00. The highest BCUT2D eigenvalue weighted by Crippen LogP contribution is 2.20. The predicted octanol–water partition coefficient (Wildman–Crippen LogP) is -1.56. The Morgan fingerprint density at radius 2 is 2.13 bits per heavy atom. The lowest BCUT2D eigenvalue weighted by atomic mass is 10.1. The van der Waals surface area contributed by atoms with Gasteiger partial charge in [-0.05, 0) is 13.5 Å². The van der Waals surface area contributed by atoms with E-state index < -0.39 is 9.84 Å². The van der Waals surface area contributed by atoms with Crippen LogP contribution in [0.15, 0.2) is 0 Å². The molecule has 3 unspecified atom stereocenters. The fourth-order valence-electron chi connectivity index (χ4n) is 2.43. The van der Waals surface area contributed by atoms with Gasteiger partial charge < -0.3 is 10.4 Å². The molecule has 5 nitrogen and oxygen atoms in total. The van der Waals surface area contributed by atoms with Gasteiger partial charge in [0.25, 0.3) is 0 Å². The van der Waals surface area contributed by atoms with Crippen molar-refractivity contribution in [3.63, 3.8) is 0 Å². The largest absolute Gasteiger partial charge is 0.390 e. The fraction of sp³-hybridized carbons (Fsp3) is 1.00. The van der Waals surface area contributed by atoms with Crippen molar-refractivity contribution in [1.82, 2.24) is 10.2 Å². The van der Waals surface area contributed by atoms with E-state index in [1.807, 2.05) is 11.9 Å². The van der Waals surface area contributed by atoms with E-state index in [2.05, 4.69) is 5.32 Å². The summed E-state index contributed by atoms with van der Waals surface area (Å²) in [6, 6.07) is 0.137. The first-order chi connectivity index (χ1) is 6.99. The van der Waals surface area contributed by atoms with Gasteiger partial charge in [0.15, 0.2) is 9.84 Å². The van der Waals surface area contributed by atoms with Gasteiger partial charge in [0.05, 0.1) is 17.6 Å². The van der Waals surface area contributed by atoms with Crippen molar-refractivity contribution >= 4 is 9.84 Å².